The highest BCUT2D eigenvalue weighted by molar-refractivity contribution is 4.72. The maximum atomic E-state index is 9.27. The molecule has 0 aromatic rings. The lowest BCUT2D eigenvalue weighted by atomic mass is 9.98. The fraction of sp³-hybridized carbons (Fsp3) is 1.00. The average Bonchev–Trinajstić information content (AvgIpc) is 1.80. The summed E-state index contributed by atoms with van der Waals surface area (Å²) in [6, 6.07) is 0. The van der Waals surface area contributed by atoms with E-state index in [9.17, 15) is 5.11 Å². The summed E-state index contributed by atoms with van der Waals surface area (Å²) in [5.74, 6) is 0.321. The summed E-state index contributed by atoms with van der Waals surface area (Å²) in [4.78, 5) is 0. The van der Waals surface area contributed by atoms with Gasteiger partial charge in [0.25, 0.3) is 0 Å². The van der Waals surface area contributed by atoms with Crippen LogP contribution in [0, 0.1) is 5.92 Å². The first kappa shape index (κ1) is 7.03. The van der Waals surface area contributed by atoms with E-state index in [1.165, 1.54) is 0 Å². The van der Waals surface area contributed by atoms with E-state index in [0.717, 1.165) is 6.42 Å². The van der Waals surface area contributed by atoms with Crippen molar-refractivity contribution in [2.45, 2.75) is 32.5 Å². The third-order valence-electron chi connectivity index (χ3n) is 1.87. The van der Waals surface area contributed by atoms with E-state index in [-0.39, 0.29) is 12.2 Å². The van der Waals surface area contributed by atoms with Gasteiger partial charge in [-0.15, -0.1) is 0 Å². The molecule has 1 saturated heterocycles. The maximum Gasteiger partial charge on any atom is 0.0612 e. The topological polar surface area (TPSA) is 29.5 Å². The molecule has 2 unspecified atom stereocenters. The van der Waals surface area contributed by atoms with Crippen molar-refractivity contribution in [3.63, 3.8) is 0 Å². The summed E-state index contributed by atoms with van der Waals surface area (Å²) in [5.41, 5.74) is 0. The number of ether oxygens (including phenoxy) is 1. The minimum atomic E-state index is -0.145. The van der Waals surface area contributed by atoms with Crippen molar-refractivity contribution in [2.24, 2.45) is 5.92 Å². The zero-order valence-electron chi connectivity index (χ0n) is 6.00. The van der Waals surface area contributed by atoms with Crippen LogP contribution in [0.1, 0.15) is 20.3 Å². The molecule has 2 heteroatoms. The van der Waals surface area contributed by atoms with Crippen molar-refractivity contribution in [3.8, 4) is 0 Å². The van der Waals surface area contributed by atoms with Crippen LogP contribution in [-0.2, 0) is 4.74 Å². The highest BCUT2D eigenvalue weighted by atomic mass is 16.5. The van der Waals surface area contributed by atoms with Gasteiger partial charge in [-0.25, -0.2) is 0 Å². The first-order valence-corrected chi connectivity index (χ1v) is 3.50. The van der Waals surface area contributed by atoms with Crippen molar-refractivity contribution in [1.82, 2.24) is 0 Å². The van der Waals surface area contributed by atoms with E-state index in [0.29, 0.717) is 12.5 Å². The summed E-state index contributed by atoms with van der Waals surface area (Å²) in [5, 5.41) is 9.27. The molecule has 1 fully saturated rings. The smallest absolute Gasteiger partial charge is 0.0612 e. The van der Waals surface area contributed by atoms with Crippen molar-refractivity contribution in [2.75, 3.05) is 6.61 Å². The minimum absolute atomic E-state index is 0.145. The second kappa shape index (κ2) is 2.67. The van der Waals surface area contributed by atoms with Gasteiger partial charge in [-0.3, -0.25) is 0 Å². The Morgan fingerprint density at radius 2 is 2.11 bits per heavy atom. The maximum absolute atomic E-state index is 9.27. The molecular weight excluding hydrogens is 116 g/mol. The standard InChI is InChI=1S/C7H14O2/c1-5-4-9-6(2)3-7(5)8/h5-8H,3-4H2,1-2H3/t5?,6?,7-/m1/s1. The quantitative estimate of drug-likeness (QED) is 0.525. The summed E-state index contributed by atoms with van der Waals surface area (Å²) in [6.45, 7) is 4.72. The minimum Gasteiger partial charge on any atom is -0.393 e. The average molecular weight is 130 g/mol. The Morgan fingerprint density at radius 1 is 1.44 bits per heavy atom. The summed E-state index contributed by atoms with van der Waals surface area (Å²) >= 11 is 0. The van der Waals surface area contributed by atoms with Gasteiger partial charge in [0, 0.05) is 5.92 Å². The van der Waals surface area contributed by atoms with E-state index in [1.807, 2.05) is 13.8 Å². The van der Waals surface area contributed by atoms with Gasteiger partial charge in [-0.1, -0.05) is 6.92 Å². The molecule has 1 rings (SSSR count). The van der Waals surface area contributed by atoms with E-state index in [4.69, 9.17) is 4.74 Å². The lowest BCUT2D eigenvalue weighted by molar-refractivity contribution is -0.0695. The van der Waals surface area contributed by atoms with Gasteiger partial charge in [0.05, 0.1) is 18.8 Å². The lowest BCUT2D eigenvalue weighted by Gasteiger charge is -2.28. The van der Waals surface area contributed by atoms with Gasteiger partial charge in [0.1, 0.15) is 0 Å². The largest absolute Gasteiger partial charge is 0.393 e. The molecule has 1 heterocycles. The predicted molar refractivity (Wildman–Crippen MR) is 35.2 cm³/mol. The number of rotatable bonds is 0. The van der Waals surface area contributed by atoms with E-state index in [1.54, 1.807) is 0 Å². The molecule has 0 amide bonds. The SMILES string of the molecule is CC1C[C@@H](O)C(C)CO1. The highest BCUT2D eigenvalue weighted by Gasteiger charge is 2.23. The molecule has 0 saturated carbocycles. The van der Waals surface area contributed by atoms with E-state index >= 15 is 0 Å². The van der Waals surface area contributed by atoms with Crippen molar-refractivity contribution < 1.29 is 9.84 Å². The van der Waals surface area contributed by atoms with Gasteiger partial charge in [0.2, 0.25) is 0 Å². The van der Waals surface area contributed by atoms with Crippen LogP contribution >= 0.6 is 0 Å². The van der Waals surface area contributed by atoms with Gasteiger partial charge in [-0.2, -0.15) is 0 Å². The summed E-state index contributed by atoms with van der Waals surface area (Å²) < 4.78 is 5.30. The molecule has 0 radical (unpaired) electrons. The first-order valence-electron chi connectivity index (χ1n) is 3.50. The fourth-order valence-corrected chi connectivity index (χ4v) is 1.07. The van der Waals surface area contributed by atoms with Crippen LogP contribution in [0.25, 0.3) is 0 Å². The second-order valence-corrected chi connectivity index (χ2v) is 2.92. The van der Waals surface area contributed by atoms with Crippen LogP contribution in [0.15, 0.2) is 0 Å². The van der Waals surface area contributed by atoms with Crippen molar-refractivity contribution >= 4 is 0 Å². The summed E-state index contributed by atoms with van der Waals surface area (Å²) in [7, 11) is 0. The Kier molecular flexibility index (Phi) is 2.09. The molecule has 2 nitrogen and oxygen atoms in total. The molecule has 0 spiro atoms. The second-order valence-electron chi connectivity index (χ2n) is 2.92. The Hall–Kier alpha value is -0.0800. The normalized spacial score (nSPS) is 45.0. The Bertz CT molecular complexity index is 92.9. The van der Waals surface area contributed by atoms with Gasteiger partial charge in [0.15, 0.2) is 0 Å². The number of hydrogen-bond acceptors (Lipinski definition) is 2. The molecule has 1 aliphatic rings. The molecule has 9 heavy (non-hydrogen) atoms. The molecular formula is C7H14O2. The van der Waals surface area contributed by atoms with E-state index in [2.05, 4.69) is 0 Å². The Labute approximate surface area is 55.8 Å². The van der Waals surface area contributed by atoms with E-state index < -0.39 is 0 Å². The van der Waals surface area contributed by atoms with Crippen LogP contribution < -0.4 is 0 Å². The van der Waals surface area contributed by atoms with Crippen LogP contribution in [0.4, 0.5) is 0 Å². The first-order chi connectivity index (χ1) is 4.20. The molecule has 0 aromatic carbocycles. The van der Waals surface area contributed by atoms with Gasteiger partial charge >= 0.3 is 0 Å². The van der Waals surface area contributed by atoms with Crippen LogP contribution in [0.2, 0.25) is 0 Å². The molecule has 1 aliphatic heterocycles. The molecule has 0 aromatic heterocycles. The van der Waals surface area contributed by atoms with Gasteiger partial charge in [-0.05, 0) is 13.3 Å². The van der Waals surface area contributed by atoms with Crippen molar-refractivity contribution in [1.29, 1.82) is 0 Å². The van der Waals surface area contributed by atoms with Crippen LogP contribution in [0.3, 0.4) is 0 Å². The zero-order valence-corrected chi connectivity index (χ0v) is 6.00. The third kappa shape index (κ3) is 1.66. The van der Waals surface area contributed by atoms with Crippen LogP contribution in [-0.4, -0.2) is 23.9 Å². The number of aliphatic hydroxyl groups is 1. The number of hydrogen-bond donors (Lipinski definition) is 1. The predicted octanol–water partition coefficient (Wildman–Crippen LogP) is 0.792. The van der Waals surface area contributed by atoms with Crippen LogP contribution in [0.5, 0.6) is 0 Å². The monoisotopic (exact) mass is 130 g/mol. The highest BCUT2D eigenvalue weighted by Crippen LogP contribution is 2.17. The molecule has 0 bridgehead atoms. The van der Waals surface area contributed by atoms with Gasteiger partial charge < -0.3 is 9.84 Å². The zero-order chi connectivity index (χ0) is 6.85. The molecule has 0 aliphatic carbocycles. The Balaban J connectivity index is 2.35. The number of aliphatic hydroxyl groups excluding tert-OH is 1. The fourth-order valence-electron chi connectivity index (χ4n) is 1.07. The van der Waals surface area contributed by atoms with Crippen molar-refractivity contribution in [3.05, 3.63) is 0 Å². The molecule has 54 valence electrons. The summed E-state index contributed by atoms with van der Waals surface area (Å²) in [6.07, 6.45) is 0.895. The molecule has 3 atom stereocenters. The third-order valence-corrected chi connectivity index (χ3v) is 1.87. The Morgan fingerprint density at radius 3 is 2.56 bits per heavy atom. The lowest BCUT2D eigenvalue weighted by Crippen LogP contribution is -2.34. The molecule has 1 N–H and O–H groups in total.